The minimum atomic E-state index is -0.565. The van der Waals surface area contributed by atoms with Crippen molar-refractivity contribution in [1.82, 2.24) is 4.90 Å². The third kappa shape index (κ3) is 4.50. The van der Waals surface area contributed by atoms with Crippen LogP contribution < -0.4 is 16.0 Å². The van der Waals surface area contributed by atoms with Crippen LogP contribution in [0.5, 0.6) is 0 Å². The molecule has 0 aromatic heterocycles. The largest absolute Gasteiger partial charge is 0.370 e. The lowest BCUT2D eigenvalue weighted by molar-refractivity contribution is -0.125. The van der Waals surface area contributed by atoms with Crippen molar-refractivity contribution in [2.24, 2.45) is 11.7 Å². The summed E-state index contributed by atoms with van der Waals surface area (Å²) in [7, 11) is 0. The molecule has 164 valence electrons. The lowest BCUT2D eigenvalue weighted by Crippen LogP contribution is -2.56. The first kappa shape index (κ1) is 21.2. The van der Waals surface area contributed by atoms with Gasteiger partial charge in [-0.15, -0.1) is 0 Å². The summed E-state index contributed by atoms with van der Waals surface area (Å²) in [6.45, 7) is 1.90. The number of halogens is 1. The number of nitrogens with one attached hydrogen (secondary N) is 1. The fraction of sp³-hybridized carbons (Fsp3) is 0.636. The van der Waals surface area contributed by atoms with Gasteiger partial charge in [-0.2, -0.15) is 0 Å². The van der Waals surface area contributed by atoms with Gasteiger partial charge in [0.15, 0.2) is 0 Å². The summed E-state index contributed by atoms with van der Waals surface area (Å²) in [5.41, 5.74) is 6.58. The Morgan fingerprint density at radius 2 is 2.07 bits per heavy atom. The van der Waals surface area contributed by atoms with Crippen LogP contribution in [-0.4, -0.2) is 61.6 Å². The Balaban J connectivity index is 1.45. The number of nitrogens with zero attached hydrogens (tertiary/aromatic N) is 2. The van der Waals surface area contributed by atoms with Gasteiger partial charge in [-0.25, -0.2) is 4.39 Å². The predicted octanol–water partition coefficient (Wildman–Crippen LogP) is 2.11. The number of rotatable bonds is 8. The summed E-state index contributed by atoms with van der Waals surface area (Å²) in [6, 6.07) is 4.38. The van der Waals surface area contributed by atoms with Crippen LogP contribution in [-0.2, 0) is 14.3 Å². The van der Waals surface area contributed by atoms with Crippen LogP contribution in [0, 0.1) is 11.7 Å². The number of benzene rings is 1. The van der Waals surface area contributed by atoms with Crippen molar-refractivity contribution >= 4 is 23.2 Å². The topological polar surface area (TPSA) is 87.9 Å². The molecule has 7 nitrogen and oxygen atoms in total. The van der Waals surface area contributed by atoms with Gasteiger partial charge in [0.25, 0.3) is 5.91 Å². The van der Waals surface area contributed by atoms with E-state index in [1.54, 1.807) is 6.07 Å². The Labute approximate surface area is 176 Å². The standard InChI is InChI=1S/C22H31FN4O3/c23-18-11-17(26-9-10-30-14-21(26)28)7-8-19(18)25-22(29)20(12-24)27(16-5-2-6-16)13-15-3-1-4-15/h7-8,11,15-16,20H,1-6,9-10,12-14,24H2,(H,25,29)/t20-/m1/s1. The van der Waals surface area contributed by atoms with Gasteiger partial charge in [0, 0.05) is 31.4 Å². The highest BCUT2D eigenvalue weighted by Gasteiger charge is 2.36. The molecule has 2 aliphatic carbocycles. The van der Waals surface area contributed by atoms with E-state index in [1.165, 1.54) is 42.7 Å². The summed E-state index contributed by atoms with van der Waals surface area (Å²) in [4.78, 5) is 28.8. The van der Waals surface area contributed by atoms with E-state index >= 15 is 0 Å². The summed E-state index contributed by atoms with van der Waals surface area (Å²) >= 11 is 0. The number of amides is 2. The van der Waals surface area contributed by atoms with Crippen molar-refractivity contribution in [3.8, 4) is 0 Å². The first-order valence-electron chi connectivity index (χ1n) is 11.0. The molecule has 4 rings (SSSR count). The van der Waals surface area contributed by atoms with Crippen molar-refractivity contribution in [3.63, 3.8) is 0 Å². The molecular formula is C22H31FN4O3. The molecule has 2 saturated carbocycles. The van der Waals surface area contributed by atoms with Crippen molar-refractivity contribution < 1.29 is 18.7 Å². The third-order valence-electron chi connectivity index (χ3n) is 6.67. The third-order valence-corrected chi connectivity index (χ3v) is 6.67. The Hall–Kier alpha value is -2.03. The van der Waals surface area contributed by atoms with E-state index in [4.69, 9.17) is 10.5 Å². The lowest BCUT2D eigenvalue weighted by Gasteiger charge is -2.44. The van der Waals surface area contributed by atoms with E-state index in [0.29, 0.717) is 30.8 Å². The molecule has 2 amide bonds. The predicted molar refractivity (Wildman–Crippen MR) is 113 cm³/mol. The van der Waals surface area contributed by atoms with Crippen LogP contribution >= 0.6 is 0 Å². The fourth-order valence-corrected chi connectivity index (χ4v) is 4.40. The molecule has 0 bridgehead atoms. The summed E-state index contributed by atoms with van der Waals surface area (Å²) in [5, 5.41) is 2.73. The zero-order valence-electron chi connectivity index (χ0n) is 17.3. The Morgan fingerprint density at radius 3 is 2.63 bits per heavy atom. The fourth-order valence-electron chi connectivity index (χ4n) is 4.40. The molecule has 1 aromatic carbocycles. The zero-order chi connectivity index (χ0) is 21.1. The van der Waals surface area contributed by atoms with Crippen LogP contribution in [0.15, 0.2) is 18.2 Å². The normalized spacial score (nSPS) is 21.3. The van der Waals surface area contributed by atoms with Gasteiger partial charge in [0.1, 0.15) is 18.5 Å². The van der Waals surface area contributed by atoms with Crippen molar-refractivity contribution in [3.05, 3.63) is 24.0 Å². The molecule has 0 radical (unpaired) electrons. The molecule has 3 fully saturated rings. The van der Waals surface area contributed by atoms with Crippen molar-refractivity contribution in [1.29, 1.82) is 0 Å². The van der Waals surface area contributed by atoms with Gasteiger partial charge in [-0.1, -0.05) is 12.8 Å². The van der Waals surface area contributed by atoms with Crippen LogP contribution in [0.25, 0.3) is 0 Å². The number of hydrogen-bond acceptors (Lipinski definition) is 5. The van der Waals surface area contributed by atoms with E-state index in [2.05, 4.69) is 10.2 Å². The molecule has 1 saturated heterocycles. The number of carbonyl (C=O) groups is 2. The molecule has 0 spiro atoms. The highest BCUT2D eigenvalue weighted by molar-refractivity contribution is 5.97. The summed E-state index contributed by atoms with van der Waals surface area (Å²) < 4.78 is 19.9. The van der Waals surface area contributed by atoms with E-state index in [-0.39, 0.29) is 30.7 Å². The van der Waals surface area contributed by atoms with E-state index in [1.807, 2.05) is 0 Å². The smallest absolute Gasteiger partial charge is 0.253 e. The number of nitrogens with two attached hydrogens (primary N) is 1. The molecule has 0 unspecified atom stereocenters. The molecule has 1 aliphatic heterocycles. The minimum Gasteiger partial charge on any atom is -0.370 e. The lowest BCUT2D eigenvalue weighted by atomic mass is 9.82. The Kier molecular flexibility index (Phi) is 6.65. The van der Waals surface area contributed by atoms with Gasteiger partial charge in [0.05, 0.1) is 12.3 Å². The maximum Gasteiger partial charge on any atom is 0.253 e. The summed E-state index contributed by atoms with van der Waals surface area (Å²) in [6.07, 6.45) is 7.03. The first-order chi connectivity index (χ1) is 14.6. The molecule has 8 heteroatoms. The second-order valence-electron chi connectivity index (χ2n) is 8.58. The highest BCUT2D eigenvalue weighted by atomic mass is 19.1. The van der Waals surface area contributed by atoms with Gasteiger partial charge < -0.3 is 20.7 Å². The molecule has 30 heavy (non-hydrogen) atoms. The maximum absolute atomic E-state index is 14.7. The minimum absolute atomic E-state index is 0.00369. The maximum atomic E-state index is 14.7. The number of hydrogen-bond donors (Lipinski definition) is 2. The van der Waals surface area contributed by atoms with Crippen LogP contribution in [0.2, 0.25) is 0 Å². The quantitative estimate of drug-likeness (QED) is 0.675. The molecule has 1 aromatic rings. The molecular weight excluding hydrogens is 387 g/mol. The SMILES string of the molecule is NC[C@H](C(=O)Nc1ccc(N2CCOCC2=O)cc1F)N(CC1CCC1)C1CCC1. The van der Waals surface area contributed by atoms with E-state index < -0.39 is 11.9 Å². The second kappa shape index (κ2) is 9.41. The average Bonchev–Trinajstić information content (AvgIpc) is 2.65. The van der Waals surface area contributed by atoms with Gasteiger partial charge in [0.2, 0.25) is 5.91 Å². The number of morpholine rings is 1. The van der Waals surface area contributed by atoms with Crippen LogP contribution in [0.1, 0.15) is 38.5 Å². The van der Waals surface area contributed by atoms with Gasteiger partial charge >= 0.3 is 0 Å². The molecule has 3 aliphatic rings. The summed E-state index contributed by atoms with van der Waals surface area (Å²) in [5.74, 6) is -0.398. The number of ether oxygens (including phenoxy) is 1. The van der Waals surface area contributed by atoms with Gasteiger partial charge in [-0.05, 0) is 49.8 Å². The highest BCUT2D eigenvalue weighted by Crippen LogP contribution is 2.33. The first-order valence-corrected chi connectivity index (χ1v) is 11.0. The Bertz CT molecular complexity index is 782. The van der Waals surface area contributed by atoms with E-state index in [0.717, 1.165) is 19.4 Å². The second-order valence-corrected chi connectivity index (χ2v) is 8.58. The Morgan fingerprint density at radius 1 is 1.30 bits per heavy atom. The van der Waals surface area contributed by atoms with Crippen LogP contribution in [0.3, 0.4) is 0 Å². The van der Waals surface area contributed by atoms with E-state index in [9.17, 15) is 14.0 Å². The molecule has 1 atom stereocenters. The molecule has 3 N–H and O–H groups in total. The number of carbonyl (C=O) groups excluding carboxylic acids is 2. The van der Waals surface area contributed by atoms with Crippen LogP contribution in [0.4, 0.5) is 15.8 Å². The zero-order valence-corrected chi connectivity index (χ0v) is 17.3. The molecule has 1 heterocycles. The monoisotopic (exact) mass is 418 g/mol. The number of anilines is 2. The van der Waals surface area contributed by atoms with Crippen molar-refractivity contribution in [2.45, 2.75) is 50.6 Å². The van der Waals surface area contributed by atoms with Crippen molar-refractivity contribution in [2.75, 3.05) is 43.1 Å². The average molecular weight is 419 g/mol. The van der Waals surface area contributed by atoms with Gasteiger partial charge in [-0.3, -0.25) is 14.5 Å².